The van der Waals surface area contributed by atoms with Crippen LogP contribution in [0.25, 0.3) is 0 Å². The number of piperidine rings is 1. The van der Waals surface area contributed by atoms with Crippen LogP contribution < -0.4 is 9.47 Å². The van der Waals surface area contributed by atoms with E-state index in [1.54, 1.807) is 14.2 Å². The zero-order chi connectivity index (χ0) is 20.1. The molecule has 1 saturated heterocycles. The maximum absolute atomic E-state index is 9.98. The number of ether oxygens (including phenoxy) is 2. The minimum atomic E-state index is -0.0807. The van der Waals surface area contributed by atoms with E-state index in [9.17, 15) is 5.11 Å². The number of aliphatic hydroxyl groups excluding tert-OH is 1. The van der Waals surface area contributed by atoms with Gasteiger partial charge in [-0.3, -0.25) is 4.90 Å². The lowest BCUT2D eigenvalue weighted by Crippen LogP contribution is -2.38. The first-order valence-electron chi connectivity index (χ1n) is 9.48. The molecule has 1 heterocycles. The summed E-state index contributed by atoms with van der Waals surface area (Å²) >= 11 is 12.4. The van der Waals surface area contributed by atoms with Crippen molar-refractivity contribution in [1.82, 2.24) is 4.90 Å². The molecule has 0 bridgehead atoms. The molecule has 3 unspecified atom stereocenters. The predicted molar refractivity (Wildman–Crippen MR) is 112 cm³/mol. The van der Waals surface area contributed by atoms with Crippen LogP contribution in [-0.4, -0.2) is 43.4 Å². The Bertz CT molecular complexity index is 890. The van der Waals surface area contributed by atoms with E-state index in [1.807, 2.05) is 24.3 Å². The maximum Gasteiger partial charge on any atom is 0.127 e. The SMILES string of the molecule is COc1ccc(CN2CC3C(CO)C3(c3ccc(Cl)c(Cl)c3)[C@@H]2C)c(OC)c1. The van der Waals surface area contributed by atoms with E-state index in [0.717, 1.165) is 30.2 Å². The summed E-state index contributed by atoms with van der Waals surface area (Å²) in [4.78, 5) is 2.46. The van der Waals surface area contributed by atoms with Gasteiger partial charge >= 0.3 is 0 Å². The van der Waals surface area contributed by atoms with E-state index in [0.29, 0.717) is 16.0 Å². The van der Waals surface area contributed by atoms with Gasteiger partial charge in [0.15, 0.2) is 0 Å². The van der Waals surface area contributed by atoms with Gasteiger partial charge in [-0.05, 0) is 42.5 Å². The summed E-state index contributed by atoms with van der Waals surface area (Å²) in [6, 6.07) is 12.1. The minimum absolute atomic E-state index is 0.0807. The highest BCUT2D eigenvalue weighted by Gasteiger charge is 2.72. The van der Waals surface area contributed by atoms with E-state index >= 15 is 0 Å². The van der Waals surface area contributed by atoms with E-state index in [1.165, 1.54) is 5.56 Å². The molecule has 4 nitrogen and oxygen atoms in total. The smallest absolute Gasteiger partial charge is 0.127 e. The third-order valence-electron chi connectivity index (χ3n) is 6.76. The number of methoxy groups -OCH3 is 2. The van der Waals surface area contributed by atoms with Crippen molar-refractivity contribution in [3.8, 4) is 11.5 Å². The number of rotatable bonds is 6. The van der Waals surface area contributed by atoms with Gasteiger partial charge < -0.3 is 14.6 Å². The molecule has 0 amide bonds. The fraction of sp³-hybridized carbons (Fsp3) is 0.455. The first kappa shape index (κ1) is 19.8. The van der Waals surface area contributed by atoms with Crippen molar-refractivity contribution in [2.75, 3.05) is 27.4 Å². The van der Waals surface area contributed by atoms with Crippen molar-refractivity contribution in [2.24, 2.45) is 11.8 Å². The molecule has 2 aromatic rings. The third kappa shape index (κ3) is 2.89. The third-order valence-corrected chi connectivity index (χ3v) is 7.50. The molecule has 4 rings (SSSR count). The van der Waals surface area contributed by atoms with Crippen LogP contribution in [0.2, 0.25) is 10.0 Å². The molecule has 1 aliphatic carbocycles. The zero-order valence-electron chi connectivity index (χ0n) is 16.3. The number of nitrogens with zero attached hydrogens (tertiary/aromatic N) is 1. The molecule has 1 aliphatic heterocycles. The summed E-state index contributed by atoms with van der Waals surface area (Å²) < 4.78 is 10.9. The number of fused-ring (bicyclic) bond motifs is 1. The second kappa shape index (κ2) is 7.42. The van der Waals surface area contributed by atoms with Gasteiger partial charge in [0.1, 0.15) is 11.5 Å². The highest BCUT2D eigenvalue weighted by Crippen LogP contribution is 2.67. The molecule has 0 radical (unpaired) electrons. The second-order valence-electron chi connectivity index (χ2n) is 7.74. The standard InChI is InChI=1S/C22H25Cl2NO3/c1-13-22(15-5-7-19(23)20(24)8-15)17(18(22)12-26)11-25(13)10-14-4-6-16(27-2)9-21(14)28-3/h4-9,13,17-18,26H,10-12H2,1-3H3/t13-,17?,18?,22?/m0/s1. The molecule has 2 fully saturated rings. The van der Waals surface area contributed by atoms with Crippen molar-refractivity contribution in [1.29, 1.82) is 0 Å². The predicted octanol–water partition coefficient (Wildman–Crippen LogP) is 4.39. The number of benzene rings is 2. The Labute approximate surface area is 176 Å². The maximum atomic E-state index is 9.98. The van der Waals surface area contributed by atoms with Crippen molar-refractivity contribution in [3.63, 3.8) is 0 Å². The van der Waals surface area contributed by atoms with Gasteiger partial charge in [0.05, 0.1) is 24.3 Å². The number of likely N-dealkylation sites (tertiary alicyclic amines) is 1. The summed E-state index contributed by atoms with van der Waals surface area (Å²) in [5, 5.41) is 11.1. The summed E-state index contributed by atoms with van der Waals surface area (Å²) in [5.74, 6) is 2.28. The summed E-state index contributed by atoms with van der Waals surface area (Å²) in [6.07, 6.45) is 0. The van der Waals surface area contributed by atoms with Crippen LogP contribution in [0.1, 0.15) is 18.1 Å². The molecular weight excluding hydrogens is 397 g/mol. The van der Waals surface area contributed by atoms with Crippen LogP contribution in [0.5, 0.6) is 11.5 Å². The van der Waals surface area contributed by atoms with E-state index in [4.69, 9.17) is 32.7 Å². The zero-order valence-corrected chi connectivity index (χ0v) is 17.8. The van der Waals surface area contributed by atoms with Gasteiger partial charge in [0, 0.05) is 42.8 Å². The molecule has 28 heavy (non-hydrogen) atoms. The fourth-order valence-electron chi connectivity index (χ4n) is 5.29. The molecule has 1 N–H and O–H groups in total. The quantitative estimate of drug-likeness (QED) is 0.750. The molecule has 2 aromatic carbocycles. The van der Waals surface area contributed by atoms with Crippen LogP contribution in [0.3, 0.4) is 0 Å². The van der Waals surface area contributed by atoms with Crippen LogP contribution in [0.4, 0.5) is 0 Å². The molecule has 4 atom stereocenters. The van der Waals surface area contributed by atoms with Crippen LogP contribution >= 0.6 is 23.2 Å². The molecule has 150 valence electrons. The second-order valence-corrected chi connectivity index (χ2v) is 8.56. The van der Waals surface area contributed by atoms with Crippen molar-refractivity contribution in [3.05, 3.63) is 57.6 Å². The molecule has 0 aromatic heterocycles. The van der Waals surface area contributed by atoms with Crippen molar-refractivity contribution < 1.29 is 14.6 Å². The Morgan fingerprint density at radius 2 is 1.89 bits per heavy atom. The van der Waals surface area contributed by atoms with Gasteiger partial charge in [-0.25, -0.2) is 0 Å². The van der Waals surface area contributed by atoms with Gasteiger partial charge in [-0.2, -0.15) is 0 Å². The van der Waals surface area contributed by atoms with Gasteiger partial charge in [-0.1, -0.05) is 35.3 Å². The fourth-order valence-corrected chi connectivity index (χ4v) is 5.59. The largest absolute Gasteiger partial charge is 0.497 e. The molecule has 2 aliphatic rings. The Morgan fingerprint density at radius 1 is 1.11 bits per heavy atom. The van der Waals surface area contributed by atoms with Crippen LogP contribution in [-0.2, 0) is 12.0 Å². The van der Waals surface area contributed by atoms with E-state index in [-0.39, 0.29) is 24.0 Å². The Kier molecular flexibility index (Phi) is 5.25. The highest BCUT2D eigenvalue weighted by molar-refractivity contribution is 6.42. The van der Waals surface area contributed by atoms with Crippen molar-refractivity contribution in [2.45, 2.75) is 24.9 Å². The normalized spacial score (nSPS) is 28.9. The first-order chi connectivity index (χ1) is 13.5. The average Bonchev–Trinajstić information content (AvgIpc) is 3.27. The van der Waals surface area contributed by atoms with Gasteiger partial charge in [-0.15, -0.1) is 0 Å². The van der Waals surface area contributed by atoms with Gasteiger partial charge in [0.2, 0.25) is 0 Å². The number of hydrogen-bond acceptors (Lipinski definition) is 4. The number of hydrogen-bond donors (Lipinski definition) is 1. The molecule has 1 saturated carbocycles. The van der Waals surface area contributed by atoms with Crippen LogP contribution in [0.15, 0.2) is 36.4 Å². The Hall–Kier alpha value is -1.46. The summed E-state index contributed by atoms with van der Waals surface area (Å²) in [6.45, 7) is 4.15. The summed E-state index contributed by atoms with van der Waals surface area (Å²) in [7, 11) is 3.34. The average molecular weight is 422 g/mol. The number of aliphatic hydroxyl groups is 1. The Balaban J connectivity index is 1.62. The molecule has 0 spiro atoms. The lowest BCUT2D eigenvalue weighted by Gasteiger charge is -2.32. The lowest BCUT2D eigenvalue weighted by atomic mass is 9.86. The number of halogens is 2. The molecule has 6 heteroatoms. The Morgan fingerprint density at radius 3 is 2.54 bits per heavy atom. The topological polar surface area (TPSA) is 41.9 Å². The highest BCUT2D eigenvalue weighted by atomic mass is 35.5. The van der Waals surface area contributed by atoms with Gasteiger partial charge in [0.25, 0.3) is 0 Å². The monoisotopic (exact) mass is 421 g/mol. The van der Waals surface area contributed by atoms with Crippen molar-refractivity contribution >= 4 is 23.2 Å². The first-order valence-corrected chi connectivity index (χ1v) is 10.2. The lowest BCUT2D eigenvalue weighted by molar-refractivity contribution is 0.164. The van der Waals surface area contributed by atoms with Crippen LogP contribution in [0, 0.1) is 11.8 Å². The van der Waals surface area contributed by atoms with E-state index < -0.39 is 0 Å². The minimum Gasteiger partial charge on any atom is -0.497 e. The van der Waals surface area contributed by atoms with E-state index in [2.05, 4.69) is 24.0 Å². The summed E-state index contributed by atoms with van der Waals surface area (Å²) in [5.41, 5.74) is 2.21. The molecular formula is C22H25Cl2NO3.